The second-order valence-electron chi connectivity index (χ2n) is 8.64. The van der Waals surface area contributed by atoms with Gasteiger partial charge in [0, 0.05) is 23.5 Å². The van der Waals surface area contributed by atoms with E-state index in [4.69, 9.17) is 21.2 Å². The molecule has 0 spiro atoms. The monoisotopic (exact) mass is 483 g/mol. The van der Waals surface area contributed by atoms with Crippen molar-refractivity contribution in [3.05, 3.63) is 106 Å². The molecule has 6 rings (SSSR count). The average molecular weight is 484 g/mol. The van der Waals surface area contributed by atoms with Crippen LogP contribution in [0.2, 0.25) is 5.02 Å². The number of hydrogen-bond donors (Lipinski definition) is 0. The number of nitrogens with zero attached hydrogens (tertiary/aromatic N) is 5. The largest absolute Gasteiger partial charge is 0.360 e. The fourth-order valence-corrected chi connectivity index (χ4v) is 4.90. The Kier molecular flexibility index (Phi) is 5.07. The molecule has 1 amide bonds. The lowest BCUT2D eigenvalue weighted by molar-refractivity contribution is 0.0748. The van der Waals surface area contributed by atoms with Crippen LogP contribution in [0.1, 0.15) is 32.9 Å². The van der Waals surface area contributed by atoms with Crippen LogP contribution >= 0.6 is 11.6 Å². The van der Waals surface area contributed by atoms with Crippen LogP contribution in [0.3, 0.4) is 0 Å². The molecule has 174 valence electrons. The number of carbonyl (C=O) groups excluding carboxylic acids is 1. The second kappa shape index (κ2) is 8.29. The second-order valence-corrected chi connectivity index (χ2v) is 9.05. The summed E-state index contributed by atoms with van der Waals surface area (Å²) in [6.45, 7) is 4.65. The number of aromatic nitrogens is 4. The van der Waals surface area contributed by atoms with E-state index in [-0.39, 0.29) is 5.91 Å². The maximum atomic E-state index is 13.7. The summed E-state index contributed by atoms with van der Waals surface area (Å²) in [6, 6.07) is 19.4. The number of benzene rings is 2. The maximum absolute atomic E-state index is 13.7. The van der Waals surface area contributed by atoms with Gasteiger partial charge in [-0.2, -0.15) is 5.10 Å². The smallest absolute Gasteiger partial charge is 0.260 e. The standard InChI is InChI=1S/C27H22ClN5O2/c1-17-9-3-6-12-23(17)33-26(31-13-7-8-14-31)20-15-32(16-22(20)29-33)27(34)24-18(2)35-30-25(24)19-10-4-5-11-21(19)28/h3-14H,15-16H2,1-2H3. The molecule has 1 aliphatic heterocycles. The Morgan fingerprint density at radius 2 is 1.71 bits per heavy atom. The molecule has 0 saturated heterocycles. The van der Waals surface area contributed by atoms with Crippen molar-refractivity contribution in [2.45, 2.75) is 26.9 Å². The molecule has 0 fully saturated rings. The summed E-state index contributed by atoms with van der Waals surface area (Å²) in [5.41, 5.74) is 5.59. The molecule has 2 aromatic carbocycles. The van der Waals surface area contributed by atoms with Crippen molar-refractivity contribution >= 4 is 17.5 Å². The zero-order valence-corrected chi connectivity index (χ0v) is 20.0. The van der Waals surface area contributed by atoms with E-state index in [1.165, 1.54) is 0 Å². The Balaban J connectivity index is 1.40. The minimum absolute atomic E-state index is 0.155. The third-order valence-corrected chi connectivity index (χ3v) is 6.74. The van der Waals surface area contributed by atoms with Crippen LogP contribution in [0.25, 0.3) is 22.8 Å². The maximum Gasteiger partial charge on any atom is 0.260 e. The molecule has 0 atom stereocenters. The Morgan fingerprint density at radius 3 is 2.49 bits per heavy atom. The van der Waals surface area contributed by atoms with E-state index in [1.807, 2.05) is 64.1 Å². The van der Waals surface area contributed by atoms with Crippen molar-refractivity contribution < 1.29 is 9.32 Å². The highest BCUT2D eigenvalue weighted by molar-refractivity contribution is 6.33. The summed E-state index contributed by atoms with van der Waals surface area (Å²) in [5.74, 6) is 1.24. The van der Waals surface area contributed by atoms with Gasteiger partial charge in [-0.3, -0.25) is 4.79 Å². The zero-order chi connectivity index (χ0) is 24.1. The summed E-state index contributed by atoms with van der Waals surface area (Å²) in [5, 5.41) is 9.64. The van der Waals surface area contributed by atoms with Crippen LogP contribution in [0.4, 0.5) is 0 Å². The fraction of sp³-hybridized carbons (Fsp3) is 0.148. The molecule has 0 saturated carbocycles. The van der Waals surface area contributed by atoms with Crippen LogP contribution in [0.5, 0.6) is 0 Å². The van der Waals surface area contributed by atoms with Gasteiger partial charge in [-0.25, -0.2) is 4.68 Å². The fourth-order valence-electron chi connectivity index (χ4n) is 4.67. The van der Waals surface area contributed by atoms with Crippen LogP contribution in [0, 0.1) is 13.8 Å². The average Bonchev–Trinajstić information content (AvgIpc) is 3.63. The first-order valence-electron chi connectivity index (χ1n) is 11.3. The Hall–Kier alpha value is -4.10. The molecule has 4 heterocycles. The highest BCUT2D eigenvalue weighted by Gasteiger charge is 2.35. The molecule has 5 aromatic rings. The van der Waals surface area contributed by atoms with Gasteiger partial charge in [0.25, 0.3) is 5.91 Å². The molecule has 0 bridgehead atoms. The number of carbonyl (C=O) groups is 1. The lowest BCUT2D eigenvalue weighted by atomic mass is 10.1. The summed E-state index contributed by atoms with van der Waals surface area (Å²) < 4.78 is 9.46. The van der Waals surface area contributed by atoms with Gasteiger partial charge in [-0.05, 0) is 43.7 Å². The number of amides is 1. The molecular formula is C27H22ClN5O2. The zero-order valence-electron chi connectivity index (χ0n) is 19.3. The van der Waals surface area contributed by atoms with Crippen LogP contribution in [-0.2, 0) is 13.1 Å². The van der Waals surface area contributed by atoms with Gasteiger partial charge in [0.2, 0.25) is 0 Å². The van der Waals surface area contributed by atoms with Gasteiger partial charge in [-0.15, -0.1) is 0 Å². The van der Waals surface area contributed by atoms with Gasteiger partial charge in [-0.1, -0.05) is 53.2 Å². The summed E-state index contributed by atoms with van der Waals surface area (Å²) in [7, 11) is 0. The molecule has 3 aromatic heterocycles. The van der Waals surface area contributed by atoms with Gasteiger partial charge >= 0.3 is 0 Å². The minimum atomic E-state index is -0.155. The molecule has 0 unspecified atom stereocenters. The van der Waals surface area contributed by atoms with Crippen LogP contribution < -0.4 is 0 Å². The highest BCUT2D eigenvalue weighted by Crippen LogP contribution is 2.35. The van der Waals surface area contributed by atoms with Gasteiger partial charge in [0.1, 0.15) is 22.8 Å². The summed E-state index contributed by atoms with van der Waals surface area (Å²) in [4.78, 5) is 15.5. The quantitative estimate of drug-likeness (QED) is 0.326. The van der Waals surface area contributed by atoms with Crippen LogP contribution in [-0.4, -0.2) is 30.3 Å². The van der Waals surface area contributed by atoms with Gasteiger partial charge in [0.05, 0.1) is 29.5 Å². The first kappa shape index (κ1) is 21.4. The van der Waals surface area contributed by atoms with Crippen molar-refractivity contribution in [2.24, 2.45) is 0 Å². The molecule has 0 aliphatic carbocycles. The molecule has 0 N–H and O–H groups in total. The van der Waals surface area contributed by atoms with E-state index in [9.17, 15) is 4.79 Å². The van der Waals surface area contributed by atoms with Gasteiger partial charge in [0.15, 0.2) is 0 Å². The lowest BCUT2D eigenvalue weighted by Crippen LogP contribution is -2.27. The molecule has 1 aliphatic rings. The number of hydrogen-bond acceptors (Lipinski definition) is 4. The Bertz CT molecular complexity index is 1560. The Morgan fingerprint density at radius 1 is 0.971 bits per heavy atom. The van der Waals surface area contributed by atoms with Crippen molar-refractivity contribution in [1.82, 2.24) is 24.4 Å². The predicted octanol–water partition coefficient (Wildman–Crippen LogP) is 5.74. The first-order valence-corrected chi connectivity index (χ1v) is 11.7. The molecular weight excluding hydrogens is 462 g/mol. The van der Waals surface area contributed by atoms with Crippen molar-refractivity contribution in [2.75, 3.05) is 0 Å². The van der Waals surface area contributed by atoms with Gasteiger partial charge < -0.3 is 14.0 Å². The van der Waals surface area contributed by atoms with Crippen molar-refractivity contribution in [1.29, 1.82) is 0 Å². The number of aryl methyl sites for hydroxylation is 2. The molecule has 0 radical (unpaired) electrons. The normalized spacial score (nSPS) is 12.8. The predicted molar refractivity (Wildman–Crippen MR) is 133 cm³/mol. The van der Waals surface area contributed by atoms with Crippen molar-refractivity contribution in [3.63, 3.8) is 0 Å². The molecule has 8 heteroatoms. The first-order chi connectivity index (χ1) is 17.0. The van der Waals surface area contributed by atoms with E-state index in [1.54, 1.807) is 17.9 Å². The minimum Gasteiger partial charge on any atom is -0.360 e. The van der Waals surface area contributed by atoms with E-state index in [0.717, 1.165) is 28.3 Å². The molecule has 35 heavy (non-hydrogen) atoms. The third kappa shape index (κ3) is 3.47. The topological polar surface area (TPSA) is 69.1 Å². The highest BCUT2D eigenvalue weighted by atomic mass is 35.5. The number of para-hydroxylation sites is 1. The summed E-state index contributed by atoms with van der Waals surface area (Å²) >= 11 is 6.40. The van der Waals surface area contributed by atoms with E-state index < -0.39 is 0 Å². The Labute approximate surface area is 207 Å². The summed E-state index contributed by atoms with van der Waals surface area (Å²) in [6.07, 6.45) is 3.99. The van der Waals surface area contributed by atoms with Crippen molar-refractivity contribution in [3.8, 4) is 22.8 Å². The number of halogens is 1. The van der Waals surface area contributed by atoms with E-state index >= 15 is 0 Å². The van der Waals surface area contributed by atoms with E-state index in [0.29, 0.717) is 40.7 Å². The molecule has 7 nitrogen and oxygen atoms in total. The lowest BCUT2D eigenvalue weighted by Gasteiger charge is -2.18. The van der Waals surface area contributed by atoms with Crippen LogP contribution in [0.15, 0.2) is 77.6 Å². The van der Waals surface area contributed by atoms with E-state index in [2.05, 4.69) is 24.2 Å². The number of rotatable bonds is 4. The third-order valence-electron chi connectivity index (χ3n) is 6.41. The SMILES string of the molecule is Cc1ccccc1-n1nc2c(c1-n1cccc1)CN(C(=O)c1c(-c3ccccc3Cl)noc1C)C2. The number of fused-ring (bicyclic) bond motifs is 1.